The van der Waals surface area contributed by atoms with E-state index in [4.69, 9.17) is 4.42 Å². The molecule has 0 amide bonds. The first kappa shape index (κ1) is 15.2. The minimum Gasteiger partial charge on any atom is -0.404 e. The zero-order valence-electron chi connectivity index (χ0n) is 10.4. The average molecular weight is 318 g/mol. The largest absolute Gasteiger partial charge is 0.446 e. The highest BCUT2D eigenvalue weighted by Crippen LogP contribution is 2.37. The summed E-state index contributed by atoms with van der Waals surface area (Å²) in [4.78, 5) is 9.88. The first-order valence-corrected chi connectivity index (χ1v) is 6.48. The van der Waals surface area contributed by atoms with Gasteiger partial charge >= 0.3 is 11.4 Å². The molecule has 5 nitrogen and oxygen atoms in total. The van der Waals surface area contributed by atoms with Crippen LogP contribution in [0.5, 0.6) is 0 Å². The molecule has 1 heterocycles. The van der Waals surface area contributed by atoms with E-state index in [0.29, 0.717) is 11.4 Å². The number of furan rings is 1. The van der Waals surface area contributed by atoms with Crippen molar-refractivity contribution in [3.63, 3.8) is 0 Å². The van der Waals surface area contributed by atoms with Crippen molar-refractivity contribution in [3.8, 4) is 0 Å². The van der Waals surface area contributed by atoms with Crippen molar-refractivity contribution in [2.24, 2.45) is 0 Å². The molecular formula is C12H9F3N2O3S. The Morgan fingerprint density at radius 3 is 2.38 bits per heavy atom. The van der Waals surface area contributed by atoms with Crippen LogP contribution < -0.4 is 5.32 Å². The topological polar surface area (TPSA) is 68.3 Å². The number of nitro groups is 1. The summed E-state index contributed by atoms with van der Waals surface area (Å²) in [7, 11) is 0. The van der Waals surface area contributed by atoms with Crippen LogP contribution in [0, 0.1) is 10.1 Å². The lowest BCUT2D eigenvalue weighted by atomic mass is 10.3. The summed E-state index contributed by atoms with van der Waals surface area (Å²) in [5.41, 5.74) is -3.73. The predicted octanol–water partition coefficient (Wildman–Crippen LogP) is 4.41. The van der Waals surface area contributed by atoms with Crippen LogP contribution in [0.25, 0.3) is 0 Å². The number of rotatable bonds is 5. The van der Waals surface area contributed by atoms with Crippen LogP contribution in [0.3, 0.4) is 0 Å². The average Bonchev–Trinajstić information content (AvgIpc) is 2.85. The van der Waals surface area contributed by atoms with Crippen molar-refractivity contribution in [1.29, 1.82) is 0 Å². The molecule has 0 saturated heterocycles. The van der Waals surface area contributed by atoms with Gasteiger partial charge in [0.25, 0.3) is 0 Å². The molecule has 0 unspecified atom stereocenters. The van der Waals surface area contributed by atoms with E-state index in [0.717, 1.165) is 0 Å². The molecule has 0 aliphatic heterocycles. The van der Waals surface area contributed by atoms with Crippen molar-refractivity contribution in [1.82, 2.24) is 0 Å². The Labute approximate surface area is 121 Å². The highest BCUT2D eigenvalue weighted by molar-refractivity contribution is 8.00. The van der Waals surface area contributed by atoms with Gasteiger partial charge in [0.05, 0.1) is 12.6 Å². The Morgan fingerprint density at radius 1 is 1.19 bits per heavy atom. The number of nitrogens with one attached hydrogen (secondary N) is 1. The molecule has 2 aromatic rings. The van der Waals surface area contributed by atoms with Crippen LogP contribution in [0.4, 0.5) is 24.7 Å². The number of hydrogen-bond acceptors (Lipinski definition) is 5. The summed E-state index contributed by atoms with van der Waals surface area (Å²) < 4.78 is 41.4. The van der Waals surface area contributed by atoms with Crippen molar-refractivity contribution in [3.05, 3.63) is 52.3 Å². The summed E-state index contributed by atoms with van der Waals surface area (Å²) in [6, 6.07) is 8.35. The molecule has 0 bridgehead atoms. The molecule has 1 N–H and O–H groups in total. The van der Waals surface area contributed by atoms with E-state index in [1.165, 1.54) is 36.4 Å². The van der Waals surface area contributed by atoms with Gasteiger partial charge in [-0.2, -0.15) is 13.2 Å². The molecule has 112 valence electrons. The number of thioether (sulfide) groups is 1. The molecule has 0 atom stereocenters. The standard InChI is InChI=1S/C12H9F3N2O3S/c13-12(14,15)21-10-4-1-8(2-5-10)16-7-9-3-6-11(20-9)17(18)19/h1-6,16H,7H2. The Kier molecular flexibility index (Phi) is 4.41. The van der Waals surface area contributed by atoms with E-state index in [1.54, 1.807) is 0 Å². The number of anilines is 1. The fraction of sp³-hybridized carbons (Fsp3) is 0.167. The fourth-order valence-electron chi connectivity index (χ4n) is 1.52. The van der Waals surface area contributed by atoms with Gasteiger partial charge < -0.3 is 9.73 Å². The first-order chi connectivity index (χ1) is 9.83. The second kappa shape index (κ2) is 6.08. The Hall–Kier alpha value is -2.16. The molecule has 9 heteroatoms. The number of benzene rings is 1. The van der Waals surface area contributed by atoms with Gasteiger partial charge in [-0.05, 0) is 42.1 Å². The van der Waals surface area contributed by atoms with E-state index < -0.39 is 10.4 Å². The third kappa shape index (κ3) is 4.71. The molecule has 0 aliphatic carbocycles. The fourth-order valence-corrected chi connectivity index (χ4v) is 2.06. The van der Waals surface area contributed by atoms with Crippen LogP contribution in [0.2, 0.25) is 0 Å². The van der Waals surface area contributed by atoms with Crippen LogP contribution in [0.1, 0.15) is 5.76 Å². The second-order valence-electron chi connectivity index (χ2n) is 3.92. The van der Waals surface area contributed by atoms with Crippen molar-refractivity contribution >= 4 is 23.3 Å². The van der Waals surface area contributed by atoms with Crippen molar-refractivity contribution < 1.29 is 22.5 Å². The van der Waals surface area contributed by atoms with Gasteiger partial charge in [-0.15, -0.1) is 0 Å². The van der Waals surface area contributed by atoms with Gasteiger partial charge in [0, 0.05) is 10.6 Å². The lowest BCUT2D eigenvalue weighted by Crippen LogP contribution is -2.00. The molecule has 0 aliphatic rings. The molecule has 0 radical (unpaired) electrons. The minimum absolute atomic E-state index is 0.0849. The van der Waals surface area contributed by atoms with Gasteiger partial charge in [0.15, 0.2) is 0 Å². The summed E-state index contributed by atoms with van der Waals surface area (Å²) in [5, 5.41) is 13.3. The van der Waals surface area contributed by atoms with Crippen LogP contribution in [-0.4, -0.2) is 10.4 Å². The predicted molar refractivity (Wildman–Crippen MR) is 71.0 cm³/mol. The summed E-state index contributed by atoms with van der Waals surface area (Å²) in [6.45, 7) is 0.194. The smallest absolute Gasteiger partial charge is 0.404 e. The highest BCUT2D eigenvalue weighted by Gasteiger charge is 2.28. The maximum absolute atomic E-state index is 12.2. The SMILES string of the molecule is O=[N+]([O-])c1ccc(CNc2ccc(SC(F)(F)F)cc2)o1. The third-order valence-electron chi connectivity index (χ3n) is 2.38. The van der Waals surface area contributed by atoms with E-state index >= 15 is 0 Å². The normalized spacial score (nSPS) is 11.4. The summed E-state index contributed by atoms with van der Waals surface area (Å²) in [5.74, 6) is -0.000770. The van der Waals surface area contributed by atoms with Crippen LogP contribution in [0.15, 0.2) is 45.7 Å². The lowest BCUT2D eigenvalue weighted by molar-refractivity contribution is -0.402. The Bertz CT molecular complexity index is 625. The van der Waals surface area contributed by atoms with E-state index in [9.17, 15) is 23.3 Å². The zero-order chi connectivity index (χ0) is 15.5. The number of alkyl halides is 3. The van der Waals surface area contributed by atoms with Crippen molar-refractivity contribution in [2.45, 2.75) is 16.9 Å². The van der Waals surface area contributed by atoms with Crippen molar-refractivity contribution in [2.75, 3.05) is 5.32 Å². The quantitative estimate of drug-likeness (QED) is 0.502. The van der Waals surface area contributed by atoms with Gasteiger partial charge in [-0.3, -0.25) is 10.1 Å². The Morgan fingerprint density at radius 2 is 1.86 bits per heavy atom. The zero-order valence-corrected chi connectivity index (χ0v) is 11.2. The van der Waals surface area contributed by atoms with E-state index in [1.807, 2.05) is 0 Å². The number of nitrogens with zero attached hydrogens (tertiary/aromatic N) is 1. The summed E-state index contributed by atoms with van der Waals surface area (Å²) in [6.07, 6.45) is 0. The number of halogens is 3. The molecule has 1 aromatic heterocycles. The van der Waals surface area contributed by atoms with Crippen LogP contribution in [-0.2, 0) is 6.54 Å². The maximum Gasteiger partial charge on any atom is 0.446 e. The molecule has 0 spiro atoms. The van der Waals surface area contributed by atoms with Gasteiger partial charge in [-0.25, -0.2) is 0 Å². The highest BCUT2D eigenvalue weighted by atomic mass is 32.2. The molecule has 2 rings (SSSR count). The first-order valence-electron chi connectivity index (χ1n) is 5.66. The monoisotopic (exact) mass is 318 g/mol. The number of hydrogen-bond donors (Lipinski definition) is 1. The Balaban J connectivity index is 1.92. The minimum atomic E-state index is -4.32. The van der Waals surface area contributed by atoms with Crippen LogP contribution >= 0.6 is 11.8 Å². The molecule has 0 saturated carbocycles. The van der Waals surface area contributed by atoms with Gasteiger partial charge in [0.2, 0.25) is 0 Å². The van der Waals surface area contributed by atoms with E-state index in [2.05, 4.69) is 5.32 Å². The third-order valence-corrected chi connectivity index (χ3v) is 3.12. The molecule has 1 aromatic carbocycles. The van der Waals surface area contributed by atoms with Gasteiger partial charge in [0.1, 0.15) is 10.7 Å². The van der Waals surface area contributed by atoms with Gasteiger partial charge in [-0.1, -0.05) is 0 Å². The molecule has 21 heavy (non-hydrogen) atoms. The van der Waals surface area contributed by atoms with E-state index in [-0.39, 0.29) is 29.1 Å². The maximum atomic E-state index is 12.2. The second-order valence-corrected chi connectivity index (χ2v) is 5.06. The molecular weight excluding hydrogens is 309 g/mol. The molecule has 0 fully saturated rings. The lowest BCUT2D eigenvalue weighted by Gasteiger charge is -2.07. The summed E-state index contributed by atoms with van der Waals surface area (Å²) >= 11 is -0.191.